The maximum absolute atomic E-state index is 12.7. The van der Waals surface area contributed by atoms with Crippen molar-refractivity contribution in [3.63, 3.8) is 0 Å². The molecule has 1 unspecified atom stereocenters. The summed E-state index contributed by atoms with van der Waals surface area (Å²) < 4.78 is 5.89. The van der Waals surface area contributed by atoms with Crippen LogP contribution in [0.3, 0.4) is 0 Å². The Hall–Kier alpha value is -1.83. The zero-order valence-electron chi connectivity index (χ0n) is 15.0. The minimum absolute atomic E-state index is 0.000538. The lowest BCUT2D eigenvalue weighted by Gasteiger charge is -2.34. The number of amides is 2. The van der Waals surface area contributed by atoms with Crippen LogP contribution in [0.2, 0.25) is 0 Å². The Morgan fingerprint density at radius 1 is 1.44 bits per heavy atom. The number of hydrogen-bond donors (Lipinski definition) is 1. The number of aryl methyl sites for hydroxylation is 1. The summed E-state index contributed by atoms with van der Waals surface area (Å²) in [6.07, 6.45) is 5.88. The van der Waals surface area contributed by atoms with E-state index >= 15 is 0 Å². The number of nitrogens with one attached hydrogen (secondary N) is 1. The van der Waals surface area contributed by atoms with Gasteiger partial charge in [0.15, 0.2) is 0 Å². The number of piperidine rings is 1. The Kier molecular flexibility index (Phi) is 7.49. The molecule has 25 heavy (non-hydrogen) atoms. The minimum atomic E-state index is -0.438. The van der Waals surface area contributed by atoms with Gasteiger partial charge in [-0.25, -0.2) is 4.98 Å². The van der Waals surface area contributed by atoms with Gasteiger partial charge < -0.3 is 15.0 Å². The highest BCUT2D eigenvalue weighted by Crippen LogP contribution is 2.18. The van der Waals surface area contributed by atoms with Crippen LogP contribution in [-0.4, -0.2) is 63.9 Å². The van der Waals surface area contributed by atoms with E-state index in [1.165, 1.54) is 6.92 Å². The first-order chi connectivity index (χ1) is 12.0. The van der Waals surface area contributed by atoms with Gasteiger partial charge in [-0.15, -0.1) is 0 Å². The molecule has 1 aliphatic heterocycles. The molecule has 0 bridgehead atoms. The van der Waals surface area contributed by atoms with E-state index < -0.39 is 6.04 Å². The fourth-order valence-corrected chi connectivity index (χ4v) is 3.30. The van der Waals surface area contributed by atoms with Crippen LogP contribution >= 0.6 is 11.8 Å². The third kappa shape index (κ3) is 6.19. The third-order valence-corrected chi connectivity index (χ3v) is 4.72. The molecule has 2 rings (SSSR count). The van der Waals surface area contributed by atoms with Gasteiger partial charge in [-0.05, 0) is 25.4 Å². The lowest BCUT2D eigenvalue weighted by atomic mass is 10.1. The molecule has 1 aliphatic rings. The number of aromatic nitrogens is 2. The van der Waals surface area contributed by atoms with Crippen molar-refractivity contribution in [1.29, 1.82) is 0 Å². The van der Waals surface area contributed by atoms with Crippen LogP contribution in [0, 0.1) is 6.92 Å². The minimum Gasteiger partial charge on any atom is -0.474 e. The summed E-state index contributed by atoms with van der Waals surface area (Å²) in [4.78, 5) is 34.2. The standard InChI is InChI=1S/C17H26N4O3S/c1-12-18-8-4-16(19-12)24-14-5-9-21(10-6-14)17(23)15(7-11-25-3)20-13(2)22/h4,8,14-15H,5-7,9-11H2,1-3H3,(H,20,22). The van der Waals surface area contributed by atoms with Crippen molar-refractivity contribution in [2.75, 3.05) is 25.1 Å². The van der Waals surface area contributed by atoms with Crippen molar-refractivity contribution in [1.82, 2.24) is 20.2 Å². The van der Waals surface area contributed by atoms with E-state index in [0.717, 1.165) is 18.6 Å². The highest BCUT2D eigenvalue weighted by molar-refractivity contribution is 7.98. The number of nitrogens with zero attached hydrogens (tertiary/aromatic N) is 3. The van der Waals surface area contributed by atoms with Gasteiger partial charge in [-0.1, -0.05) is 0 Å². The van der Waals surface area contributed by atoms with Gasteiger partial charge in [0.05, 0.1) is 0 Å². The van der Waals surface area contributed by atoms with Crippen molar-refractivity contribution in [2.45, 2.75) is 45.3 Å². The Balaban J connectivity index is 1.86. The second-order valence-electron chi connectivity index (χ2n) is 6.12. The molecule has 1 N–H and O–H groups in total. The molecular weight excluding hydrogens is 340 g/mol. The quantitative estimate of drug-likeness (QED) is 0.785. The molecule has 2 heterocycles. The van der Waals surface area contributed by atoms with Crippen LogP contribution in [0.1, 0.15) is 32.0 Å². The molecule has 0 saturated carbocycles. The zero-order chi connectivity index (χ0) is 18.2. The van der Waals surface area contributed by atoms with E-state index in [-0.39, 0.29) is 17.9 Å². The summed E-state index contributed by atoms with van der Waals surface area (Å²) in [5.41, 5.74) is 0. The lowest BCUT2D eigenvalue weighted by molar-refractivity contribution is -0.137. The largest absolute Gasteiger partial charge is 0.474 e. The van der Waals surface area contributed by atoms with Gasteiger partial charge in [0.1, 0.15) is 18.0 Å². The molecule has 2 amide bonds. The van der Waals surface area contributed by atoms with E-state index in [0.29, 0.717) is 31.2 Å². The molecule has 0 aromatic carbocycles. The Bertz CT molecular complexity index is 591. The summed E-state index contributed by atoms with van der Waals surface area (Å²) in [6.45, 7) is 4.53. The smallest absolute Gasteiger partial charge is 0.245 e. The second-order valence-corrected chi connectivity index (χ2v) is 7.10. The molecule has 1 aromatic rings. The summed E-state index contributed by atoms with van der Waals surface area (Å²) in [5, 5.41) is 2.78. The first kappa shape index (κ1) is 19.5. The molecule has 1 atom stereocenters. The fourth-order valence-electron chi connectivity index (χ4n) is 2.82. The van der Waals surface area contributed by atoms with E-state index in [1.807, 2.05) is 18.1 Å². The van der Waals surface area contributed by atoms with Crippen LogP contribution in [0.4, 0.5) is 0 Å². The van der Waals surface area contributed by atoms with Crippen LogP contribution in [0.15, 0.2) is 12.3 Å². The molecule has 1 saturated heterocycles. The number of likely N-dealkylation sites (tertiary alicyclic amines) is 1. The second kappa shape index (κ2) is 9.60. The van der Waals surface area contributed by atoms with Crippen LogP contribution < -0.4 is 10.1 Å². The maximum atomic E-state index is 12.7. The average molecular weight is 366 g/mol. The first-order valence-corrected chi connectivity index (χ1v) is 9.90. The molecule has 1 aromatic heterocycles. The molecule has 0 aliphatic carbocycles. The molecule has 8 heteroatoms. The molecule has 0 radical (unpaired) electrons. The van der Waals surface area contributed by atoms with Crippen molar-refractivity contribution in [3.8, 4) is 5.88 Å². The lowest BCUT2D eigenvalue weighted by Crippen LogP contribution is -2.51. The van der Waals surface area contributed by atoms with E-state index in [2.05, 4.69) is 15.3 Å². The Morgan fingerprint density at radius 3 is 2.76 bits per heavy atom. The molecular formula is C17H26N4O3S. The number of carbonyl (C=O) groups is 2. The van der Waals surface area contributed by atoms with Gasteiger partial charge in [0.2, 0.25) is 17.7 Å². The maximum Gasteiger partial charge on any atom is 0.245 e. The molecule has 1 fully saturated rings. The predicted molar refractivity (Wildman–Crippen MR) is 97.6 cm³/mol. The van der Waals surface area contributed by atoms with E-state index in [9.17, 15) is 9.59 Å². The highest BCUT2D eigenvalue weighted by atomic mass is 32.2. The monoisotopic (exact) mass is 366 g/mol. The Labute approximate surface area is 152 Å². The van der Waals surface area contributed by atoms with Crippen LogP contribution in [-0.2, 0) is 9.59 Å². The fraction of sp³-hybridized carbons (Fsp3) is 0.647. The zero-order valence-corrected chi connectivity index (χ0v) is 15.8. The molecule has 7 nitrogen and oxygen atoms in total. The number of rotatable bonds is 7. The summed E-state index contributed by atoms with van der Waals surface area (Å²) in [7, 11) is 0. The Morgan fingerprint density at radius 2 is 2.16 bits per heavy atom. The van der Waals surface area contributed by atoms with E-state index in [4.69, 9.17) is 4.74 Å². The summed E-state index contributed by atoms with van der Waals surface area (Å²) in [6, 6.07) is 1.31. The van der Waals surface area contributed by atoms with Crippen molar-refractivity contribution < 1.29 is 14.3 Å². The number of hydrogen-bond acceptors (Lipinski definition) is 6. The van der Waals surface area contributed by atoms with Gasteiger partial charge >= 0.3 is 0 Å². The van der Waals surface area contributed by atoms with Gasteiger partial charge in [-0.2, -0.15) is 16.7 Å². The summed E-state index contributed by atoms with van der Waals surface area (Å²) in [5.74, 6) is 1.92. The van der Waals surface area contributed by atoms with Crippen LogP contribution in [0.5, 0.6) is 5.88 Å². The SMILES string of the molecule is CSCCC(NC(C)=O)C(=O)N1CCC(Oc2ccnc(C)n2)CC1. The average Bonchev–Trinajstić information content (AvgIpc) is 2.58. The van der Waals surface area contributed by atoms with Crippen molar-refractivity contribution in [2.24, 2.45) is 0 Å². The van der Waals surface area contributed by atoms with E-state index in [1.54, 1.807) is 24.0 Å². The number of thioether (sulfide) groups is 1. The molecule has 0 spiro atoms. The van der Waals surface area contributed by atoms with Gasteiger partial charge in [0.25, 0.3) is 0 Å². The van der Waals surface area contributed by atoms with Gasteiger partial charge in [0, 0.05) is 45.1 Å². The highest BCUT2D eigenvalue weighted by Gasteiger charge is 2.29. The number of carbonyl (C=O) groups excluding carboxylic acids is 2. The van der Waals surface area contributed by atoms with Crippen molar-refractivity contribution >= 4 is 23.6 Å². The topological polar surface area (TPSA) is 84.4 Å². The van der Waals surface area contributed by atoms with Gasteiger partial charge in [-0.3, -0.25) is 9.59 Å². The predicted octanol–water partition coefficient (Wildman–Crippen LogP) is 1.41. The number of ether oxygens (including phenoxy) is 1. The first-order valence-electron chi connectivity index (χ1n) is 8.50. The van der Waals surface area contributed by atoms with Crippen LogP contribution in [0.25, 0.3) is 0 Å². The normalized spacial score (nSPS) is 16.4. The van der Waals surface area contributed by atoms with Crippen molar-refractivity contribution in [3.05, 3.63) is 18.1 Å². The third-order valence-electron chi connectivity index (χ3n) is 4.08. The molecule has 138 valence electrons. The summed E-state index contributed by atoms with van der Waals surface area (Å²) >= 11 is 1.67.